The summed E-state index contributed by atoms with van der Waals surface area (Å²) in [5.41, 5.74) is 2.31. The van der Waals surface area contributed by atoms with E-state index in [4.69, 9.17) is 9.47 Å². The zero-order chi connectivity index (χ0) is 16.9. The maximum Gasteiger partial charge on any atom is 0.257 e. The summed E-state index contributed by atoms with van der Waals surface area (Å²) in [5.74, 6) is 0.347. The molecule has 0 radical (unpaired) electrons. The lowest BCUT2D eigenvalue weighted by molar-refractivity contribution is 0.0237. The van der Waals surface area contributed by atoms with Crippen LogP contribution in [0, 0.1) is 6.92 Å². The Morgan fingerprint density at radius 1 is 1.29 bits per heavy atom. The van der Waals surface area contributed by atoms with E-state index in [1.54, 1.807) is 12.1 Å². The Bertz CT molecular complexity index is 713. The number of nitrogens with one attached hydrogen (secondary N) is 1. The molecule has 1 N–H and O–H groups in total. The number of hydrogen-bond acceptors (Lipinski definition) is 4. The highest BCUT2D eigenvalue weighted by molar-refractivity contribution is 9.10. The summed E-state index contributed by atoms with van der Waals surface area (Å²) in [5, 5.41) is 2.87. The van der Waals surface area contributed by atoms with E-state index in [0.29, 0.717) is 11.4 Å². The van der Waals surface area contributed by atoms with Gasteiger partial charge >= 0.3 is 0 Å². The minimum absolute atomic E-state index is 0.136. The van der Waals surface area contributed by atoms with Crippen molar-refractivity contribution in [3.8, 4) is 5.88 Å². The van der Waals surface area contributed by atoms with E-state index in [1.807, 2.05) is 25.1 Å². The average Bonchev–Trinajstić information content (AvgIpc) is 2.60. The fourth-order valence-corrected chi connectivity index (χ4v) is 2.72. The standard InChI is InChI=1S/C18H19BrN2O3/c1-12-10-14(3-4-16(12)19)21-18(22)13-2-5-17(20-11-13)24-15-6-8-23-9-7-15/h2-5,10-11,15H,6-9H2,1H3,(H,21,22). The van der Waals surface area contributed by atoms with Gasteiger partial charge in [-0.05, 0) is 36.8 Å². The normalized spacial score (nSPS) is 15.1. The molecule has 2 aromatic rings. The monoisotopic (exact) mass is 390 g/mol. The van der Waals surface area contributed by atoms with Gasteiger partial charge in [-0.2, -0.15) is 0 Å². The van der Waals surface area contributed by atoms with Crippen LogP contribution in [0.25, 0.3) is 0 Å². The van der Waals surface area contributed by atoms with Gasteiger partial charge in [-0.1, -0.05) is 15.9 Å². The molecule has 1 aromatic carbocycles. The summed E-state index contributed by atoms with van der Waals surface area (Å²) < 4.78 is 12.1. The number of amides is 1. The number of aromatic nitrogens is 1. The molecule has 126 valence electrons. The van der Waals surface area contributed by atoms with E-state index in [0.717, 1.165) is 41.8 Å². The molecule has 24 heavy (non-hydrogen) atoms. The van der Waals surface area contributed by atoms with Gasteiger partial charge in [0.2, 0.25) is 5.88 Å². The van der Waals surface area contributed by atoms with E-state index >= 15 is 0 Å². The highest BCUT2D eigenvalue weighted by Crippen LogP contribution is 2.21. The number of benzene rings is 1. The van der Waals surface area contributed by atoms with Crippen molar-refractivity contribution in [1.82, 2.24) is 4.98 Å². The number of ether oxygens (including phenoxy) is 2. The summed E-state index contributed by atoms with van der Waals surface area (Å²) in [6.07, 6.45) is 3.41. The van der Waals surface area contributed by atoms with Gasteiger partial charge in [-0.3, -0.25) is 4.79 Å². The fourth-order valence-electron chi connectivity index (χ4n) is 2.47. The molecule has 6 heteroatoms. The van der Waals surface area contributed by atoms with E-state index < -0.39 is 0 Å². The summed E-state index contributed by atoms with van der Waals surface area (Å²) >= 11 is 3.44. The van der Waals surface area contributed by atoms with Crippen LogP contribution in [0.4, 0.5) is 5.69 Å². The van der Waals surface area contributed by atoms with E-state index in [1.165, 1.54) is 6.20 Å². The van der Waals surface area contributed by atoms with Crippen LogP contribution in [0.15, 0.2) is 41.0 Å². The van der Waals surface area contributed by atoms with Gasteiger partial charge in [0.25, 0.3) is 5.91 Å². The summed E-state index contributed by atoms with van der Waals surface area (Å²) in [4.78, 5) is 16.5. The van der Waals surface area contributed by atoms with Crippen LogP contribution in [0.1, 0.15) is 28.8 Å². The zero-order valence-corrected chi connectivity index (χ0v) is 15.0. The molecule has 0 bridgehead atoms. The Morgan fingerprint density at radius 3 is 2.75 bits per heavy atom. The Hall–Kier alpha value is -1.92. The van der Waals surface area contributed by atoms with Gasteiger partial charge in [0.05, 0.1) is 18.8 Å². The Kier molecular flexibility index (Phi) is 5.48. The summed E-state index contributed by atoms with van der Waals surface area (Å²) in [6, 6.07) is 9.14. The van der Waals surface area contributed by atoms with Crippen molar-refractivity contribution >= 4 is 27.5 Å². The third-order valence-corrected chi connectivity index (χ3v) is 4.76. The second-order valence-corrected chi connectivity index (χ2v) is 6.59. The molecule has 1 aliphatic rings. The molecule has 0 atom stereocenters. The molecule has 0 unspecified atom stereocenters. The van der Waals surface area contributed by atoms with Crippen molar-refractivity contribution in [2.45, 2.75) is 25.9 Å². The van der Waals surface area contributed by atoms with Crippen LogP contribution < -0.4 is 10.1 Å². The largest absolute Gasteiger partial charge is 0.474 e. The molecule has 0 aliphatic carbocycles. The predicted molar refractivity (Wildman–Crippen MR) is 95.5 cm³/mol. The van der Waals surface area contributed by atoms with Gasteiger partial charge < -0.3 is 14.8 Å². The molecule has 0 saturated carbocycles. The maximum atomic E-state index is 12.3. The number of halogens is 1. The topological polar surface area (TPSA) is 60.5 Å². The van der Waals surface area contributed by atoms with Gasteiger partial charge in [0.15, 0.2) is 0 Å². The number of hydrogen-bond donors (Lipinski definition) is 1. The Balaban J connectivity index is 1.61. The van der Waals surface area contributed by atoms with Crippen LogP contribution >= 0.6 is 15.9 Å². The van der Waals surface area contributed by atoms with Crippen LogP contribution in [0.5, 0.6) is 5.88 Å². The molecule has 3 rings (SSSR count). The molecule has 1 aromatic heterocycles. The highest BCUT2D eigenvalue weighted by atomic mass is 79.9. The third-order valence-electron chi connectivity index (χ3n) is 3.87. The Labute approximate surface area is 149 Å². The molecule has 2 heterocycles. The van der Waals surface area contributed by atoms with Crippen LogP contribution in [0.2, 0.25) is 0 Å². The molecule has 5 nitrogen and oxygen atoms in total. The summed E-state index contributed by atoms with van der Waals surface area (Å²) in [6.45, 7) is 3.42. The minimum atomic E-state index is -0.193. The van der Waals surface area contributed by atoms with Gasteiger partial charge in [0.1, 0.15) is 6.10 Å². The first-order valence-electron chi connectivity index (χ1n) is 7.90. The second kappa shape index (κ2) is 7.77. The number of anilines is 1. The number of rotatable bonds is 4. The number of aryl methyl sites for hydroxylation is 1. The number of pyridine rings is 1. The van der Waals surface area contributed by atoms with Crippen LogP contribution in [-0.2, 0) is 4.74 Å². The lowest BCUT2D eigenvalue weighted by Crippen LogP contribution is -2.26. The fraction of sp³-hybridized carbons (Fsp3) is 0.333. The first-order valence-corrected chi connectivity index (χ1v) is 8.69. The van der Waals surface area contributed by atoms with Gasteiger partial charge in [-0.15, -0.1) is 0 Å². The molecule has 1 aliphatic heterocycles. The van der Waals surface area contributed by atoms with E-state index in [-0.39, 0.29) is 12.0 Å². The lowest BCUT2D eigenvalue weighted by Gasteiger charge is -2.22. The zero-order valence-electron chi connectivity index (χ0n) is 13.4. The van der Waals surface area contributed by atoms with Crippen LogP contribution in [-0.4, -0.2) is 30.2 Å². The van der Waals surface area contributed by atoms with Crippen molar-refractivity contribution < 1.29 is 14.3 Å². The smallest absolute Gasteiger partial charge is 0.257 e. The van der Waals surface area contributed by atoms with Gasteiger partial charge in [-0.25, -0.2) is 4.98 Å². The van der Waals surface area contributed by atoms with E-state index in [9.17, 15) is 4.79 Å². The maximum absolute atomic E-state index is 12.3. The van der Waals surface area contributed by atoms with Gasteiger partial charge in [0, 0.05) is 35.3 Å². The summed E-state index contributed by atoms with van der Waals surface area (Å²) in [7, 11) is 0. The van der Waals surface area contributed by atoms with Crippen LogP contribution in [0.3, 0.4) is 0 Å². The van der Waals surface area contributed by atoms with E-state index in [2.05, 4.69) is 26.2 Å². The van der Waals surface area contributed by atoms with Crippen molar-refractivity contribution in [2.75, 3.05) is 18.5 Å². The average molecular weight is 391 g/mol. The first kappa shape index (κ1) is 16.9. The lowest BCUT2D eigenvalue weighted by atomic mass is 10.1. The molecule has 1 saturated heterocycles. The Morgan fingerprint density at radius 2 is 2.08 bits per heavy atom. The number of nitrogens with zero attached hydrogens (tertiary/aromatic N) is 1. The quantitative estimate of drug-likeness (QED) is 0.857. The SMILES string of the molecule is Cc1cc(NC(=O)c2ccc(OC3CCOCC3)nc2)ccc1Br. The molecule has 1 fully saturated rings. The molecular formula is C18H19BrN2O3. The first-order chi connectivity index (χ1) is 11.6. The van der Waals surface area contributed by atoms with Crippen molar-refractivity contribution in [2.24, 2.45) is 0 Å². The van der Waals surface area contributed by atoms with Crippen molar-refractivity contribution in [1.29, 1.82) is 0 Å². The van der Waals surface area contributed by atoms with Crippen molar-refractivity contribution in [3.63, 3.8) is 0 Å². The predicted octanol–water partition coefficient (Wildman–Crippen LogP) is 3.96. The molecule has 1 amide bonds. The molecular weight excluding hydrogens is 372 g/mol. The minimum Gasteiger partial charge on any atom is -0.474 e. The second-order valence-electron chi connectivity index (χ2n) is 5.73. The third kappa shape index (κ3) is 4.33. The van der Waals surface area contributed by atoms with Crippen molar-refractivity contribution in [3.05, 3.63) is 52.1 Å². The number of carbonyl (C=O) groups excluding carboxylic acids is 1. The molecule has 0 spiro atoms. The number of carbonyl (C=O) groups is 1. The highest BCUT2D eigenvalue weighted by Gasteiger charge is 2.16.